The highest BCUT2D eigenvalue weighted by atomic mass is 32.2. The van der Waals surface area contributed by atoms with E-state index in [1.165, 1.54) is 35.2 Å². The van der Waals surface area contributed by atoms with Crippen LogP contribution in [0.2, 0.25) is 0 Å². The lowest BCUT2D eigenvalue weighted by atomic mass is 9.88. The number of ether oxygens (including phenoxy) is 1. The topological polar surface area (TPSA) is 86.1 Å². The molecule has 0 spiro atoms. The van der Waals surface area contributed by atoms with Gasteiger partial charge in [-0.05, 0) is 61.9 Å². The van der Waals surface area contributed by atoms with E-state index in [1.807, 2.05) is 0 Å². The van der Waals surface area contributed by atoms with Gasteiger partial charge in [0, 0.05) is 17.5 Å². The molecule has 1 unspecified atom stereocenters. The first-order valence-electron chi connectivity index (χ1n) is 10.8. The third-order valence-electron chi connectivity index (χ3n) is 5.51. The van der Waals surface area contributed by atoms with Gasteiger partial charge >= 0.3 is 5.97 Å². The molecule has 0 saturated heterocycles. The van der Waals surface area contributed by atoms with Crippen LogP contribution in [0.3, 0.4) is 0 Å². The summed E-state index contributed by atoms with van der Waals surface area (Å²) >= 11 is 2.71. The Morgan fingerprint density at radius 2 is 2.06 bits per heavy atom. The number of amides is 1. The van der Waals surface area contributed by atoms with Gasteiger partial charge in [-0.25, -0.2) is 9.18 Å². The molecular formula is C23H25FN4O3S2. The molecule has 1 aromatic carbocycles. The van der Waals surface area contributed by atoms with E-state index in [4.69, 9.17) is 4.74 Å². The van der Waals surface area contributed by atoms with Gasteiger partial charge in [-0.15, -0.1) is 21.5 Å². The van der Waals surface area contributed by atoms with Crippen LogP contribution < -0.4 is 5.32 Å². The molecule has 1 N–H and O–H groups in total. The standard InChI is InChI=1S/C23H25FN4O3S2/c1-4-31-22(30)19-16-10-5-13(2)11-17(16)33-21(19)25-18(29)12-32-23-27-26-20(28(23)3)14-6-8-15(24)9-7-14/h6-9,13H,4-5,10-12H2,1-3H3,(H,25,29). The Bertz CT molecular complexity index is 1170. The Morgan fingerprint density at radius 1 is 1.30 bits per heavy atom. The van der Waals surface area contributed by atoms with Crippen LogP contribution in [0.25, 0.3) is 11.4 Å². The molecule has 7 nitrogen and oxygen atoms in total. The maximum absolute atomic E-state index is 13.2. The summed E-state index contributed by atoms with van der Waals surface area (Å²) in [5, 5.41) is 12.4. The number of hydrogen-bond acceptors (Lipinski definition) is 7. The van der Waals surface area contributed by atoms with Crippen LogP contribution in [0.4, 0.5) is 9.39 Å². The maximum atomic E-state index is 13.2. The second kappa shape index (κ2) is 10.0. The summed E-state index contributed by atoms with van der Waals surface area (Å²) in [6, 6.07) is 6.01. The number of fused-ring (bicyclic) bond motifs is 1. The van der Waals surface area contributed by atoms with Gasteiger partial charge in [0.1, 0.15) is 10.8 Å². The highest BCUT2D eigenvalue weighted by Gasteiger charge is 2.29. The minimum atomic E-state index is -0.384. The van der Waals surface area contributed by atoms with E-state index >= 15 is 0 Å². The SMILES string of the molecule is CCOC(=O)c1c(NC(=O)CSc2nnc(-c3ccc(F)cc3)n2C)sc2c1CCC(C)C2. The quantitative estimate of drug-likeness (QED) is 0.383. The van der Waals surface area contributed by atoms with Crippen molar-refractivity contribution < 1.29 is 18.7 Å². The van der Waals surface area contributed by atoms with Gasteiger partial charge < -0.3 is 14.6 Å². The van der Waals surface area contributed by atoms with Crippen molar-refractivity contribution in [3.8, 4) is 11.4 Å². The lowest BCUT2D eigenvalue weighted by Gasteiger charge is -2.18. The highest BCUT2D eigenvalue weighted by Crippen LogP contribution is 2.40. The Hall–Kier alpha value is -2.72. The zero-order valence-corrected chi connectivity index (χ0v) is 20.3. The molecule has 4 rings (SSSR count). The van der Waals surface area contributed by atoms with Crippen molar-refractivity contribution in [1.82, 2.24) is 14.8 Å². The number of halogens is 1. The second-order valence-corrected chi connectivity index (χ2v) is 10.0. The number of nitrogens with one attached hydrogen (secondary N) is 1. The molecule has 1 amide bonds. The summed E-state index contributed by atoms with van der Waals surface area (Å²) in [6.07, 6.45) is 2.74. The lowest BCUT2D eigenvalue weighted by molar-refractivity contribution is -0.113. The molecule has 1 aliphatic carbocycles. The molecule has 2 heterocycles. The molecule has 10 heteroatoms. The molecule has 1 aliphatic rings. The summed E-state index contributed by atoms with van der Waals surface area (Å²) in [5.74, 6) is 0.308. The van der Waals surface area contributed by atoms with Crippen LogP contribution in [0.1, 0.15) is 41.1 Å². The zero-order chi connectivity index (χ0) is 23.5. The van der Waals surface area contributed by atoms with Crippen LogP contribution in [-0.2, 0) is 29.4 Å². The molecule has 3 aromatic rings. The summed E-state index contributed by atoms with van der Waals surface area (Å²) in [7, 11) is 1.80. The molecular weight excluding hydrogens is 463 g/mol. The summed E-state index contributed by atoms with van der Waals surface area (Å²) in [4.78, 5) is 26.5. The second-order valence-electron chi connectivity index (χ2n) is 7.99. The van der Waals surface area contributed by atoms with E-state index < -0.39 is 0 Å². The number of esters is 1. The molecule has 0 aliphatic heterocycles. The molecule has 0 radical (unpaired) electrons. The van der Waals surface area contributed by atoms with Crippen molar-refractivity contribution in [3.05, 3.63) is 46.1 Å². The van der Waals surface area contributed by atoms with Gasteiger partial charge in [0.25, 0.3) is 0 Å². The maximum Gasteiger partial charge on any atom is 0.341 e. The van der Waals surface area contributed by atoms with Crippen molar-refractivity contribution in [2.24, 2.45) is 13.0 Å². The number of thiophene rings is 1. The molecule has 174 valence electrons. The Labute approximate surface area is 199 Å². The van der Waals surface area contributed by atoms with E-state index in [0.717, 1.165) is 35.3 Å². The van der Waals surface area contributed by atoms with E-state index in [2.05, 4.69) is 22.4 Å². The number of rotatable bonds is 7. The molecule has 0 fully saturated rings. The predicted octanol–water partition coefficient (Wildman–Crippen LogP) is 4.72. The normalized spacial score (nSPS) is 15.2. The number of carbonyl (C=O) groups excluding carboxylic acids is 2. The minimum absolute atomic E-state index is 0.108. The van der Waals surface area contributed by atoms with E-state index in [9.17, 15) is 14.0 Å². The van der Waals surface area contributed by atoms with Crippen LogP contribution in [0.15, 0.2) is 29.4 Å². The lowest BCUT2D eigenvalue weighted by Crippen LogP contribution is -2.18. The first-order valence-corrected chi connectivity index (χ1v) is 12.6. The summed E-state index contributed by atoms with van der Waals surface area (Å²) in [6.45, 7) is 4.25. The summed E-state index contributed by atoms with van der Waals surface area (Å²) in [5.41, 5.74) is 2.25. The van der Waals surface area contributed by atoms with E-state index in [-0.39, 0.29) is 30.1 Å². The fourth-order valence-corrected chi connectivity index (χ4v) is 5.97. The van der Waals surface area contributed by atoms with Crippen molar-refractivity contribution in [3.63, 3.8) is 0 Å². The molecule has 0 bridgehead atoms. The van der Waals surface area contributed by atoms with Crippen LogP contribution in [0, 0.1) is 11.7 Å². The fourth-order valence-electron chi connectivity index (χ4n) is 3.84. The monoisotopic (exact) mass is 488 g/mol. The number of carbonyl (C=O) groups is 2. The van der Waals surface area contributed by atoms with Crippen LogP contribution in [-0.4, -0.2) is 39.0 Å². The smallest absolute Gasteiger partial charge is 0.341 e. The molecule has 33 heavy (non-hydrogen) atoms. The van der Waals surface area contributed by atoms with Gasteiger partial charge in [0.2, 0.25) is 5.91 Å². The zero-order valence-electron chi connectivity index (χ0n) is 18.7. The van der Waals surface area contributed by atoms with Crippen molar-refractivity contribution >= 4 is 40.0 Å². The van der Waals surface area contributed by atoms with Gasteiger partial charge in [0.05, 0.1) is 17.9 Å². The fraction of sp³-hybridized carbons (Fsp3) is 0.391. The molecule has 1 atom stereocenters. The molecule has 2 aromatic heterocycles. The van der Waals surface area contributed by atoms with Crippen LogP contribution >= 0.6 is 23.1 Å². The number of hydrogen-bond donors (Lipinski definition) is 1. The van der Waals surface area contributed by atoms with Gasteiger partial charge in [-0.1, -0.05) is 18.7 Å². The number of anilines is 1. The van der Waals surface area contributed by atoms with E-state index in [1.54, 1.807) is 30.7 Å². The largest absolute Gasteiger partial charge is 0.462 e. The number of aromatic nitrogens is 3. The minimum Gasteiger partial charge on any atom is -0.462 e. The third-order valence-corrected chi connectivity index (χ3v) is 7.70. The third kappa shape index (κ3) is 5.11. The number of benzene rings is 1. The highest BCUT2D eigenvalue weighted by molar-refractivity contribution is 7.99. The number of thioether (sulfide) groups is 1. The Kier molecular flexibility index (Phi) is 7.14. The number of nitrogens with zero attached hydrogens (tertiary/aromatic N) is 3. The van der Waals surface area contributed by atoms with Crippen molar-refractivity contribution in [2.75, 3.05) is 17.7 Å². The Morgan fingerprint density at radius 3 is 2.79 bits per heavy atom. The van der Waals surface area contributed by atoms with Crippen molar-refractivity contribution in [2.45, 2.75) is 38.3 Å². The van der Waals surface area contributed by atoms with Gasteiger partial charge in [0.15, 0.2) is 11.0 Å². The predicted molar refractivity (Wildman–Crippen MR) is 127 cm³/mol. The van der Waals surface area contributed by atoms with Gasteiger partial charge in [-0.2, -0.15) is 0 Å². The van der Waals surface area contributed by atoms with E-state index in [0.29, 0.717) is 27.5 Å². The van der Waals surface area contributed by atoms with Gasteiger partial charge in [-0.3, -0.25) is 4.79 Å². The average molecular weight is 489 g/mol. The first-order chi connectivity index (χ1) is 15.9. The Balaban J connectivity index is 1.46. The van der Waals surface area contributed by atoms with Crippen LogP contribution in [0.5, 0.6) is 0 Å². The molecule has 0 saturated carbocycles. The average Bonchev–Trinajstić information content (AvgIpc) is 3.32. The summed E-state index contributed by atoms with van der Waals surface area (Å²) < 4.78 is 20.2. The first kappa shape index (κ1) is 23.4. The van der Waals surface area contributed by atoms with Crippen molar-refractivity contribution in [1.29, 1.82) is 0 Å².